The average molecular weight is 583 g/mol. The molecule has 0 radical (unpaired) electrons. The van der Waals surface area contributed by atoms with Crippen LogP contribution in [0.1, 0.15) is 68.7 Å². The van der Waals surface area contributed by atoms with Crippen molar-refractivity contribution in [2.75, 3.05) is 38.0 Å². The Morgan fingerprint density at radius 2 is 2.00 bits per heavy atom. The molecule has 8 nitrogen and oxygen atoms in total. The van der Waals surface area contributed by atoms with Gasteiger partial charge in [-0.25, -0.2) is 15.0 Å². The van der Waals surface area contributed by atoms with Crippen LogP contribution in [0.3, 0.4) is 0 Å². The number of aromatic amines is 1. The molecule has 212 valence electrons. The lowest BCUT2D eigenvalue weighted by Crippen LogP contribution is -2.40. The molecule has 1 aliphatic rings. The second kappa shape index (κ2) is 12.7. The Bertz CT molecular complexity index is 1490. The molecule has 0 aliphatic carbocycles. The number of nitrogens with zero attached hydrogens (tertiary/aromatic N) is 5. The zero-order chi connectivity index (χ0) is 28.2. The molecule has 2 atom stereocenters. The number of nitrogens with one attached hydrogen (secondary N) is 2. The van der Waals surface area contributed by atoms with Gasteiger partial charge in [-0.1, -0.05) is 37.0 Å². The van der Waals surface area contributed by atoms with Gasteiger partial charge < -0.3 is 20.1 Å². The minimum Gasteiger partial charge on any atom is -0.360 e. The highest BCUT2D eigenvalue weighted by atomic mass is 35.5. The van der Waals surface area contributed by atoms with Gasteiger partial charge in [0.1, 0.15) is 18.0 Å². The highest BCUT2D eigenvalue weighted by molar-refractivity contribution is 6.35. The van der Waals surface area contributed by atoms with Gasteiger partial charge in [-0.15, -0.1) is 0 Å². The summed E-state index contributed by atoms with van der Waals surface area (Å²) < 4.78 is 0. The number of benzene rings is 2. The zero-order valence-electron chi connectivity index (χ0n) is 23.4. The van der Waals surface area contributed by atoms with Crippen LogP contribution in [0.2, 0.25) is 10.0 Å². The van der Waals surface area contributed by atoms with E-state index in [1.165, 1.54) is 12.7 Å². The Hall–Kier alpha value is -2.94. The number of anilines is 1. The highest BCUT2D eigenvalue weighted by Gasteiger charge is 2.26. The summed E-state index contributed by atoms with van der Waals surface area (Å²) >= 11 is 12.9. The third-order valence-corrected chi connectivity index (χ3v) is 8.52. The zero-order valence-corrected chi connectivity index (χ0v) is 24.9. The molecule has 4 aromatic rings. The Morgan fingerprint density at radius 3 is 2.80 bits per heavy atom. The molecule has 2 aromatic carbocycles. The van der Waals surface area contributed by atoms with Crippen molar-refractivity contribution in [2.24, 2.45) is 5.92 Å². The van der Waals surface area contributed by atoms with Gasteiger partial charge in [0, 0.05) is 23.5 Å². The number of halogens is 2. The molecule has 0 spiro atoms. The average Bonchev–Trinajstić information content (AvgIpc) is 3.39. The molecule has 10 heteroatoms. The molecule has 0 bridgehead atoms. The Kier molecular flexibility index (Phi) is 9.08. The molecular weight excluding hydrogens is 545 g/mol. The van der Waals surface area contributed by atoms with Crippen molar-refractivity contribution >= 4 is 56.9 Å². The molecule has 1 aliphatic heterocycles. The van der Waals surface area contributed by atoms with Gasteiger partial charge in [-0.2, -0.15) is 0 Å². The fourth-order valence-corrected chi connectivity index (χ4v) is 6.05. The predicted octanol–water partition coefficient (Wildman–Crippen LogP) is 6.96. The second-order valence-electron chi connectivity index (χ2n) is 10.6. The number of carbonyl (C=O) groups is 1. The molecule has 40 heavy (non-hydrogen) atoms. The summed E-state index contributed by atoms with van der Waals surface area (Å²) in [5, 5.41) is 5.24. The summed E-state index contributed by atoms with van der Waals surface area (Å²) in [6.45, 7) is 11.2. The van der Waals surface area contributed by atoms with Crippen molar-refractivity contribution in [2.45, 2.75) is 52.5 Å². The lowest BCUT2D eigenvalue weighted by Gasteiger charge is -2.33. The van der Waals surface area contributed by atoms with Crippen LogP contribution in [0.15, 0.2) is 36.7 Å². The lowest BCUT2D eigenvalue weighted by molar-refractivity contribution is 0.0665. The van der Waals surface area contributed by atoms with E-state index < -0.39 is 0 Å². The van der Waals surface area contributed by atoms with Crippen LogP contribution in [0.5, 0.6) is 0 Å². The van der Waals surface area contributed by atoms with Gasteiger partial charge in [-0.3, -0.25) is 4.79 Å². The lowest BCUT2D eigenvalue weighted by atomic mass is 9.92. The van der Waals surface area contributed by atoms with Gasteiger partial charge >= 0.3 is 0 Å². The summed E-state index contributed by atoms with van der Waals surface area (Å²) in [6.07, 6.45) is 6.01. The SMILES string of the molecule is CCN(CC)CCC[C@H]1CCCN(C(=O)c2cc3ncnc(N[C@@H](C)c4nc5ccc(Cl)cc5[nH]4)c3cc2Cl)C1. The standard InChI is InChI=1S/C30H37Cl2N7O/c1-4-38(5-2)12-6-8-20-9-7-13-39(17-20)30(40)22-16-26-23(15-24(22)32)29(34-18-33-26)35-19(3)28-36-25-11-10-21(31)14-27(25)37-28/h10-11,14-16,18-20H,4-9,12-13,17H2,1-3H3,(H,36,37)(H,33,34,35)/t19-,20-/m0/s1. The van der Waals surface area contributed by atoms with Crippen LogP contribution in [0, 0.1) is 5.92 Å². The number of amides is 1. The molecule has 5 rings (SSSR count). The Balaban J connectivity index is 1.30. The smallest absolute Gasteiger partial charge is 0.255 e. The van der Waals surface area contributed by atoms with Gasteiger partial charge in [0.2, 0.25) is 0 Å². The van der Waals surface area contributed by atoms with Crippen LogP contribution in [-0.4, -0.2) is 68.4 Å². The monoisotopic (exact) mass is 581 g/mol. The molecule has 1 saturated heterocycles. The molecule has 1 amide bonds. The number of imidazole rings is 1. The predicted molar refractivity (Wildman–Crippen MR) is 163 cm³/mol. The molecule has 3 heterocycles. The topological polar surface area (TPSA) is 90.0 Å². The highest BCUT2D eigenvalue weighted by Crippen LogP contribution is 2.31. The van der Waals surface area contributed by atoms with Crippen molar-refractivity contribution in [3.05, 3.63) is 58.1 Å². The minimum absolute atomic E-state index is 0.0252. The number of hydrogen-bond donors (Lipinski definition) is 2. The van der Waals surface area contributed by atoms with Crippen molar-refractivity contribution in [3.8, 4) is 0 Å². The summed E-state index contributed by atoms with van der Waals surface area (Å²) in [6, 6.07) is 8.99. The number of aromatic nitrogens is 4. The third-order valence-electron chi connectivity index (χ3n) is 7.97. The fraction of sp³-hybridized carbons (Fsp3) is 0.467. The van der Waals surface area contributed by atoms with E-state index in [2.05, 4.69) is 44.0 Å². The van der Waals surface area contributed by atoms with E-state index in [1.807, 2.05) is 30.0 Å². The van der Waals surface area contributed by atoms with Crippen LogP contribution in [0.4, 0.5) is 5.82 Å². The minimum atomic E-state index is -0.170. The van der Waals surface area contributed by atoms with Crippen molar-refractivity contribution in [1.29, 1.82) is 0 Å². The molecule has 2 N–H and O–H groups in total. The van der Waals surface area contributed by atoms with Gasteiger partial charge in [0.05, 0.1) is 33.2 Å². The quantitative estimate of drug-likeness (QED) is 0.210. The van der Waals surface area contributed by atoms with E-state index in [0.717, 1.165) is 74.2 Å². The first-order valence-corrected chi connectivity index (χ1v) is 15.0. The number of fused-ring (bicyclic) bond motifs is 2. The maximum absolute atomic E-state index is 13.6. The van der Waals surface area contributed by atoms with Gasteiger partial charge in [-0.05, 0) is 88.5 Å². The Morgan fingerprint density at radius 1 is 1.18 bits per heavy atom. The van der Waals surface area contributed by atoms with Crippen LogP contribution < -0.4 is 5.32 Å². The summed E-state index contributed by atoms with van der Waals surface area (Å²) in [5.74, 6) is 1.89. The van der Waals surface area contributed by atoms with E-state index in [-0.39, 0.29) is 11.9 Å². The molecule has 0 unspecified atom stereocenters. The largest absolute Gasteiger partial charge is 0.360 e. The first-order valence-electron chi connectivity index (χ1n) is 14.2. The van der Waals surface area contributed by atoms with Crippen molar-refractivity contribution in [1.82, 2.24) is 29.7 Å². The van der Waals surface area contributed by atoms with E-state index in [9.17, 15) is 4.79 Å². The van der Waals surface area contributed by atoms with E-state index in [0.29, 0.717) is 32.9 Å². The fourth-order valence-electron chi connectivity index (χ4n) is 5.63. The number of H-pyrrole nitrogens is 1. The first-order chi connectivity index (χ1) is 19.4. The van der Waals surface area contributed by atoms with Crippen LogP contribution in [-0.2, 0) is 0 Å². The first kappa shape index (κ1) is 28.6. The van der Waals surface area contributed by atoms with E-state index in [4.69, 9.17) is 23.2 Å². The number of likely N-dealkylation sites (tertiary alicyclic amines) is 1. The van der Waals surface area contributed by atoms with Crippen LogP contribution in [0.25, 0.3) is 21.9 Å². The second-order valence-corrected chi connectivity index (χ2v) is 11.5. The van der Waals surface area contributed by atoms with Gasteiger partial charge in [0.25, 0.3) is 5.91 Å². The summed E-state index contributed by atoms with van der Waals surface area (Å²) in [5.41, 5.74) is 2.88. The molecule has 1 fully saturated rings. The number of piperidine rings is 1. The maximum atomic E-state index is 13.6. The summed E-state index contributed by atoms with van der Waals surface area (Å²) in [7, 11) is 0. The summed E-state index contributed by atoms with van der Waals surface area (Å²) in [4.78, 5) is 34.9. The van der Waals surface area contributed by atoms with Crippen molar-refractivity contribution in [3.63, 3.8) is 0 Å². The van der Waals surface area contributed by atoms with E-state index >= 15 is 0 Å². The van der Waals surface area contributed by atoms with E-state index in [1.54, 1.807) is 12.1 Å². The van der Waals surface area contributed by atoms with Gasteiger partial charge in [0.15, 0.2) is 0 Å². The third kappa shape index (κ3) is 6.35. The Labute approximate surface area is 245 Å². The number of rotatable bonds is 10. The molecular formula is C30H37Cl2N7O. The van der Waals surface area contributed by atoms with Crippen LogP contribution >= 0.6 is 23.2 Å². The number of carbonyl (C=O) groups excluding carboxylic acids is 1. The normalized spacial score (nSPS) is 16.6. The molecule has 0 saturated carbocycles. The number of hydrogen-bond acceptors (Lipinski definition) is 6. The van der Waals surface area contributed by atoms with Crippen molar-refractivity contribution < 1.29 is 4.79 Å². The molecule has 2 aromatic heterocycles. The maximum Gasteiger partial charge on any atom is 0.255 e.